The van der Waals surface area contributed by atoms with Gasteiger partial charge in [0.1, 0.15) is 0 Å². The smallest absolute Gasteiger partial charge is 0.337 e. The van der Waals surface area contributed by atoms with Crippen molar-refractivity contribution in [3.63, 3.8) is 0 Å². The number of ether oxygens (including phenoxy) is 2. The summed E-state index contributed by atoms with van der Waals surface area (Å²) < 4.78 is 10.9. The van der Waals surface area contributed by atoms with E-state index < -0.39 is 5.97 Å². The van der Waals surface area contributed by atoms with E-state index in [9.17, 15) is 9.59 Å². The molecule has 0 unspecified atom stereocenters. The summed E-state index contributed by atoms with van der Waals surface area (Å²) >= 11 is 23.7. The lowest BCUT2D eigenvalue weighted by Crippen LogP contribution is -2.44. The van der Waals surface area contributed by atoms with E-state index in [-0.39, 0.29) is 27.3 Å². The molecule has 0 atom stereocenters. The summed E-state index contributed by atoms with van der Waals surface area (Å²) in [5.74, 6) is -1.13. The molecule has 11 heteroatoms. The number of hydrogen-bond acceptors (Lipinski definition) is 5. The molecule has 6 rings (SSSR count). The first-order chi connectivity index (χ1) is 24.4. The zero-order valence-corrected chi connectivity index (χ0v) is 31.8. The zero-order valence-electron chi connectivity index (χ0n) is 28.8. The number of aromatic carboxylic acids is 1. The van der Waals surface area contributed by atoms with Crippen LogP contribution < -0.4 is 11.1 Å². The van der Waals surface area contributed by atoms with Crippen molar-refractivity contribution in [3.8, 4) is 0 Å². The maximum absolute atomic E-state index is 12.6. The minimum atomic E-state index is -0.987. The van der Waals surface area contributed by atoms with Crippen LogP contribution in [0.1, 0.15) is 68.7 Å². The molecule has 2 aliphatic heterocycles. The highest BCUT2D eigenvalue weighted by atomic mass is 35.5. The van der Waals surface area contributed by atoms with Crippen molar-refractivity contribution >= 4 is 58.3 Å². The van der Waals surface area contributed by atoms with Gasteiger partial charge in [0.05, 0.1) is 21.2 Å². The Morgan fingerprint density at radius 1 is 0.667 bits per heavy atom. The number of aryl methyl sites for hydroxylation is 2. The third-order valence-electron chi connectivity index (χ3n) is 9.51. The molecule has 0 saturated carbocycles. The molecular weight excluding hydrogens is 730 g/mol. The fourth-order valence-electron chi connectivity index (χ4n) is 6.27. The number of rotatable bonds is 7. The fraction of sp³-hybridized carbons (Fsp3) is 0.350. The maximum Gasteiger partial charge on any atom is 0.337 e. The number of nitrogens with one attached hydrogen (secondary N) is 1. The third-order valence-corrected chi connectivity index (χ3v) is 10.7. The lowest BCUT2D eigenvalue weighted by atomic mass is 9.74. The summed E-state index contributed by atoms with van der Waals surface area (Å²) in [7, 11) is 0. The van der Waals surface area contributed by atoms with Crippen molar-refractivity contribution < 1.29 is 24.2 Å². The lowest BCUT2D eigenvalue weighted by Gasteiger charge is -2.38. The predicted octanol–water partition coefficient (Wildman–Crippen LogP) is 9.47. The summed E-state index contributed by atoms with van der Waals surface area (Å²) in [6.07, 6.45) is 3.73. The topological polar surface area (TPSA) is 111 Å². The lowest BCUT2D eigenvalue weighted by molar-refractivity contribution is 0.0487. The molecule has 4 aromatic rings. The van der Waals surface area contributed by atoms with Crippen LogP contribution in [0.25, 0.3) is 0 Å². The quantitative estimate of drug-likeness (QED) is 0.173. The number of hydrogen-bond donors (Lipinski definition) is 3. The average Bonchev–Trinajstić information content (AvgIpc) is 3.14. The molecule has 2 aliphatic rings. The molecule has 0 aliphatic carbocycles. The highest BCUT2D eigenvalue weighted by molar-refractivity contribution is 6.34. The van der Waals surface area contributed by atoms with Gasteiger partial charge in [-0.1, -0.05) is 93.9 Å². The average molecular weight is 775 g/mol. The Morgan fingerprint density at radius 2 is 1.08 bits per heavy atom. The van der Waals surface area contributed by atoms with E-state index in [4.69, 9.17) is 66.7 Å². The summed E-state index contributed by atoms with van der Waals surface area (Å²) in [6.45, 7) is 7.97. The fourth-order valence-corrected chi connectivity index (χ4v) is 6.92. The first kappa shape index (κ1) is 40.6. The first-order valence-electron chi connectivity index (χ1n) is 16.8. The van der Waals surface area contributed by atoms with E-state index in [0.717, 1.165) is 55.0 Å². The summed E-state index contributed by atoms with van der Waals surface area (Å²) in [5.41, 5.74) is 10.9. The van der Waals surface area contributed by atoms with Crippen LogP contribution in [-0.2, 0) is 20.3 Å². The van der Waals surface area contributed by atoms with Crippen LogP contribution in [0.4, 0.5) is 0 Å². The Balaban J connectivity index is 0.000000190. The van der Waals surface area contributed by atoms with Gasteiger partial charge in [-0.15, -0.1) is 0 Å². The number of carboxylic acids is 1. The SMILES string of the molecule is Cc1ccc(Cl)c(C(=O)NCC2(c3ccc(Cl)cc3)CCOCC2)c1.Cc1ccc(Cl)c(C(=O)O)c1.NCC1(c2ccc(Cl)cc2)CCOCC1. The van der Waals surface area contributed by atoms with E-state index in [1.54, 1.807) is 24.3 Å². The van der Waals surface area contributed by atoms with Crippen LogP contribution in [0.15, 0.2) is 84.9 Å². The van der Waals surface area contributed by atoms with Gasteiger partial charge >= 0.3 is 5.97 Å². The van der Waals surface area contributed by atoms with E-state index in [2.05, 4.69) is 17.4 Å². The van der Waals surface area contributed by atoms with Crippen LogP contribution in [0, 0.1) is 13.8 Å². The van der Waals surface area contributed by atoms with Crippen LogP contribution in [-0.4, -0.2) is 56.5 Å². The molecule has 7 nitrogen and oxygen atoms in total. The molecule has 272 valence electrons. The number of benzene rings is 4. The monoisotopic (exact) mass is 772 g/mol. The van der Waals surface area contributed by atoms with Gasteiger partial charge in [-0.2, -0.15) is 0 Å². The second kappa shape index (κ2) is 19.1. The molecule has 0 bridgehead atoms. The zero-order chi connectivity index (χ0) is 37.0. The van der Waals surface area contributed by atoms with Gasteiger partial charge in [-0.25, -0.2) is 4.79 Å². The van der Waals surface area contributed by atoms with E-state index >= 15 is 0 Å². The van der Waals surface area contributed by atoms with E-state index in [1.165, 1.54) is 11.1 Å². The minimum absolute atomic E-state index is 0.100. The van der Waals surface area contributed by atoms with Crippen molar-refractivity contribution in [2.24, 2.45) is 5.73 Å². The molecule has 2 fully saturated rings. The van der Waals surface area contributed by atoms with Gasteiger partial charge in [0, 0.05) is 60.4 Å². The summed E-state index contributed by atoms with van der Waals surface area (Å²) in [4.78, 5) is 23.1. The van der Waals surface area contributed by atoms with Crippen molar-refractivity contribution in [2.45, 2.75) is 50.4 Å². The highest BCUT2D eigenvalue weighted by Gasteiger charge is 2.35. The van der Waals surface area contributed by atoms with Crippen molar-refractivity contribution in [2.75, 3.05) is 39.5 Å². The molecule has 4 N–H and O–H groups in total. The van der Waals surface area contributed by atoms with Crippen molar-refractivity contribution in [1.82, 2.24) is 5.32 Å². The number of halogens is 4. The molecule has 1 amide bonds. The Labute approximate surface area is 320 Å². The first-order valence-corrected chi connectivity index (χ1v) is 18.3. The normalized spacial score (nSPS) is 16.1. The predicted molar refractivity (Wildman–Crippen MR) is 207 cm³/mol. The Morgan fingerprint density at radius 3 is 1.51 bits per heavy atom. The Kier molecular flexibility index (Phi) is 15.2. The van der Waals surface area contributed by atoms with E-state index in [0.29, 0.717) is 41.9 Å². The van der Waals surface area contributed by atoms with Gasteiger partial charge < -0.3 is 25.6 Å². The summed E-state index contributed by atoms with van der Waals surface area (Å²) in [6, 6.07) is 26.3. The number of carbonyl (C=O) groups is 2. The van der Waals surface area contributed by atoms with Crippen LogP contribution in [0.2, 0.25) is 20.1 Å². The number of nitrogens with two attached hydrogens (primary N) is 1. The highest BCUT2D eigenvalue weighted by Crippen LogP contribution is 2.36. The molecular formula is C40H44Cl4N2O5. The molecule has 0 spiro atoms. The van der Waals surface area contributed by atoms with Crippen LogP contribution in [0.3, 0.4) is 0 Å². The molecule has 2 saturated heterocycles. The van der Waals surface area contributed by atoms with Crippen LogP contribution >= 0.6 is 46.4 Å². The number of carbonyl (C=O) groups excluding carboxylic acids is 1. The van der Waals surface area contributed by atoms with Gasteiger partial charge in [-0.05, 0) is 99.2 Å². The molecule has 51 heavy (non-hydrogen) atoms. The Hall–Kier alpha value is -3.14. The van der Waals surface area contributed by atoms with Crippen molar-refractivity contribution in [3.05, 3.63) is 138 Å². The van der Waals surface area contributed by atoms with Gasteiger partial charge in [-0.3, -0.25) is 4.79 Å². The Bertz CT molecular complexity index is 1750. The van der Waals surface area contributed by atoms with Gasteiger partial charge in [0.2, 0.25) is 0 Å². The largest absolute Gasteiger partial charge is 0.478 e. The van der Waals surface area contributed by atoms with Crippen molar-refractivity contribution in [1.29, 1.82) is 0 Å². The van der Waals surface area contributed by atoms with Gasteiger partial charge in [0.15, 0.2) is 0 Å². The van der Waals surface area contributed by atoms with Gasteiger partial charge in [0.25, 0.3) is 5.91 Å². The molecule has 0 radical (unpaired) electrons. The maximum atomic E-state index is 12.6. The number of amides is 1. The summed E-state index contributed by atoms with van der Waals surface area (Å²) in [5, 5.41) is 13.9. The number of carboxylic acid groups (broad SMARTS) is 1. The minimum Gasteiger partial charge on any atom is -0.478 e. The van der Waals surface area contributed by atoms with Crippen LogP contribution in [0.5, 0.6) is 0 Å². The standard InChI is InChI=1S/C20H21Cl2NO2.C12H16ClNO.C8H7ClO2/c1-14-2-7-18(22)17(12-14)19(24)23-13-20(8-10-25-11-9-20)15-3-5-16(21)6-4-15;13-11-3-1-10(2-4-11)12(9-14)5-7-15-8-6-12;1-5-2-3-7(9)6(4-5)8(10)11/h2-7,12H,8-11,13H2,1H3,(H,23,24);1-4H,5-9,14H2;2-4H,1H3,(H,10,11). The molecule has 4 aromatic carbocycles. The second-order valence-corrected chi connectivity index (χ2v) is 14.6. The van der Waals surface area contributed by atoms with E-state index in [1.807, 2.05) is 62.4 Å². The molecule has 2 heterocycles. The molecule has 0 aromatic heterocycles. The third kappa shape index (κ3) is 11.2. The second-order valence-electron chi connectivity index (χ2n) is 13.0.